The highest BCUT2D eigenvalue weighted by atomic mass is 32.2. The number of hydrogen-bond donors (Lipinski definition) is 2. The zero-order valence-corrected chi connectivity index (χ0v) is 11.6. The van der Waals surface area contributed by atoms with Crippen LogP contribution < -0.4 is 5.32 Å². The maximum absolute atomic E-state index is 12.2. The molecule has 0 saturated carbocycles. The monoisotopic (exact) mass is 284 g/mol. The number of anilines is 1. The largest absolute Gasteiger partial charge is 0.322 e. The fourth-order valence-corrected chi connectivity index (χ4v) is 2.27. The Kier molecular flexibility index (Phi) is 3.39. The molecule has 0 atom stereocenters. The van der Waals surface area contributed by atoms with Crippen molar-refractivity contribution >= 4 is 34.4 Å². The molecule has 100 valence electrons. The van der Waals surface area contributed by atoms with Gasteiger partial charge in [0.15, 0.2) is 0 Å². The third-order valence-corrected chi connectivity index (χ3v) is 3.67. The Hall–Kier alpha value is -2.34. The lowest BCUT2D eigenvalue weighted by Crippen LogP contribution is -2.11. The minimum atomic E-state index is -0.160. The Morgan fingerprint density at radius 2 is 1.85 bits per heavy atom. The van der Waals surface area contributed by atoms with Crippen LogP contribution in [0.2, 0.25) is 0 Å². The molecule has 0 unspecified atom stereocenters. The van der Waals surface area contributed by atoms with Gasteiger partial charge in [0.05, 0.1) is 0 Å². The maximum atomic E-state index is 12.2. The number of benzene rings is 2. The van der Waals surface area contributed by atoms with Crippen LogP contribution in [0.3, 0.4) is 0 Å². The van der Waals surface area contributed by atoms with E-state index >= 15 is 0 Å². The van der Waals surface area contributed by atoms with Crippen LogP contribution in [0.25, 0.3) is 11.0 Å². The fraction of sp³-hybridized carbons (Fsp3) is 0.0714. The molecular weight excluding hydrogens is 272 g/mol. The van der Waals surface area contributed by atoms with Crippen LogP contribution in [0.5, 0.6) is 0 Å². The van der Waals surface area contributed by atoms with Gasteiger partial charge in [0.1, 0.15) is 11.0 Å². The first-order chi connectivity index (χ1) is 9.76. The first kappa shape index (κ1) is 12.7. The van der Waals surface area contributed by atoms with Crippen LogP contribution in [0.15, 0.2) is 47.4 Å². The number of carbonyl (C=O) groups is 1. The molecule has 2 aromatic carbocycles. The third-order valence-electron chi connectivity index (χ3n) is 2.93. The molecule has 2 N–H and O–H groups in total. The smallest absolute Gasteiger partial charge is 0.255 e. The summed E-state index contributed by atoms with van der Waals surface area (Å²) in [4.78, 5) is 13.3. The Balaban J connectivity index is 1.80. The summed E-state index contributed by atoms with van der Waals surface area (Å²) in [6.07, 6.45) is 2.01. The van der Waals surface area contributed by atoms with Crippen LogP contribution in [0, 0.1) is 0 Å². The summed E-state index contributed by atoms with van der Waals surface area (Å²) < 4.78 is 0. The average molecular weight is 284 g/mol. The van der Waals surface area contributed by atoms with Crippen molar-refractivity contribution in [3.63, 3.8) is 0 Å². The number of carbonyl (C=O) groups excluding carboxylic acids is 1. The first-order valence-corrected chi connectivity index (χ1v) is 7.25. The van der Waals surface area contributed by atoms with E-state index in [1.54, 1.807) is 30.0 Å². The molecule has 0 saturated heterocycles. The summed E-state index contributed by atoms with van der Waals surface area (Å²) in [5.74, 6) is -0.160. The highest BCUT2D eigenvalue weighted by molar-refractivity contribution is 7.98. The van der Waals surface area contributed by atoms with Crippen molar-refractivity contribution in [2.24, 2.45) is 0 Å². The number of thioether (sulfide) groups is 1. The highest BCUT2D eigenvalue weighted by Crippen LogP contribution is 2.18. The number of H-pyrrole nitrogens is 1. The predicted octanol–water partition coefficient (Wildman–Crippen LogP) is 2.93. The topological polar surface area (TPSA) is 70.7 Å². The van der Waals surface area contributed by atoms with E-state index in [0.29, 0.717) is 11.1 Å². The first-order valence-electron chi connectivity index (χ1n) is 6.02. The number of fused-ring (bicyclic) bond motifs is 1. The number of nitrogens with zero attached hydrogens (tertiary/aromatic N) is 2. The summed E-state index contributed by atoms with van der Waals surface area (Å²) >= 11 is 1.66. The quantitative estimate of drug-likeness (QED) is 0.725. The molecule has 3 aromatic rings. The minimum absolute atomic E-state index is 0.160. The SMILES string of the molecule is CSc1ccc(NC(=O)c2ccc3n[nH]nc3c2)cc1. The van der Waals surface area contributed by atoms with Gasteiger partial charge in [-0.1, -0.05) is 0 Å². The predicted molar refractivity (Wildman–Crippen MR) is 80.1 cm³/mol. The van der Waals surface area contributed by atoms with Gasteiger partial charge in [0.25, 0.3) is 5.91 Å². The minimum Gasteiger partial charge on any atom is -0.322 e. The Labute approximate surface area is 119 Å². The van der Waals surface area contributed by atoms with Crippen LogP contribution in [-0.2, 0) is 0 Å². The summed E-state index contributed by atoms with van der Waals surface area (Å²) in [6.45, 7) is 0. The average Bonchev–Trinajstić information content (AvgIpc) is 2.95. The van der Waals surface area contributed by atoms with Crippen molar-refractivity contribution < 1.29 is 4.79 Å². The molecule has 1 amide bonds. The zero-order chi connectivity index (χ0) is 13.9. The Bertz CT molecular complexity index is 751. The van der Waals surface area contributed by atoms with E-state index < -0.39 is 0 Å². The molecular formula is C14H12N4OS. The summed E-state index contributed by atoms with van der Waals surface area (Å²) in [5, 5.41) is 13.3. The van der Waals surface area contributed by atoms with Gasteiger partial charge >= 0.3 is 0 Å². The zero-order valence-electron chi connectivity index (χ0n) is 10.8. The highest BCUT2D eigenvalue weighted by Gasteiger charge is 2.08. The van der Waals surface area contributed by atoms with Crippen LogP contribution in [-0.4, -0.2) is 27.6 Å². The summed E-state index contributed by atoms with van der Waals surface area (Å²) in [6, 6.07) is 12.9. The van der Waals surface area contributed by atoms with Crippen molar-refractivity contribution in [3.05, 3.63) is 48.0 Å². The normalized spacial score (nSPS) is 10.7. The van der Waals surface area contributed by atoms with Gasteiger partial charge in [-0.15, -0.1) is 11.8 Å². The standard InChI is InChI=1S/C14H12N4OS/c1-20-11-5-3-10(4-6-11)15-14(19)9-2-7-12-13(8-9)17-18-16-12/h2-8H,1H3,(H,15,19)(H,16,17,18). The maximum Gasteiger partial charge on any atom is 0.255 e. The number of amides is 1. The van der Waals surface area contributed by atoms with E-state index in [2.05, 4.69) is 20.7 Å². The molecule has 1 aromatic heterocycles. The molecule has 3 rings (SSSR count). The van der Waals surface area contributed by atoms with Gasteiger partial charge in [0, 0.05) is 16.1 Å². The fourth-order valence-electron chi connectivity index (χ4n) is 1.86. The lowest BCUT2D eigenvalue weighted by Gasteiger charge is -2.05. The molecule has 0 radical (unpaired) electrons. The number of aromatic nitrogens is 3. The Morgan fingerprint density at radius 1 is 1.10 bits per heavy atom. The van der Waals surface area contributed by atoms with Crippen LogP contribution >= 0.6 is 11.8 Å². The molecule has 0 aliphatic heterocycles. The van der Waals surface area contributed by atoms with Gasteiger partial charge < -0.3 is 5.32 Å². The van der Waals surface area contributed by atoms with E-state index in [-0.39, 0.29) is 5.91 Å². The van der Waals surface area contributed by atoms with Crippen molar-refractivity contribution in [2.75, 3.05) is 11.6 Å². The van der Waals surface area contributed by atoms with Crippen molar-refractivity contribution in [3.8, 4) is 0 Å². The third kappa shape index (κ3) is 2.50. The van der Waals surface area contributed by atoms with Gasteiger partial charge in [-0.3, -0.25) is 4.79 Å². The second-order valence-electron chi connectivity index (χ2n) is 4.21. The molecule has 0 aliphatic rings. The van der Waals surface area contributed by atoms with Gasteiger partial charge in [0.2, 0.25) is 0 Å². The van der Waals surface area contributed by atoms with Crippen molar-refractivity contribution in [2.45, 2.75) is 4.90 Å². The molecule has 0 spiro atoms. The van der Waals surface area contributed by atoms with Gasteiger partial charge in [-0.05, 0) is 48.7 Å². The number of aromatic amines is 1. The van der Waals surface area contributed by atoms with E-state index in [0.717, 1.165) is 16.1 Å². The van der Waals surface area contributed by atoms with E-state index in [9.17, 15) is 4.79 Å². The van der Waals surface area contributed by atoms with Crippen molar-refractivity contribution in [1.82, 2.24) is 15.4 Å². The van der Waals surface area contributed by atoms with E-state index in [4.69, 9.17) is 0 Å². The lowest BCUT2D eigenvalue weighted by atomic mass is 10.2. The number of rotatable bonds is 3. The molecule has 0 aliphatic carbocycles. The summed E-state index contributed by atoms with van der Waals surface area (Å²) in [7, 11) is 0. The lowest BCUT2D eigenvalue weighted by molar-refractivity contribution is 0.102. The second kappa shape index (κ2) is 5.34. The number of hydrogen-bond acceptors (Lipinski definition) is 4. The molecule has 20 heavy (non-hydrogen) atoms. The molecule has 6 heteroatoms. The molecule has 5 nitrogen and oxygen atoms in total. The van der Waals surface area contributed by atoms with Gasteiger partial charge in [-0.25, -0.2) is 0 Å². The second-order valence-corrected chi connectivity index (χ2v) is 5.09. The van der Waals surface area contributed by atoms with Gasteiger partial charge in [-0.2, -0.15) is 15.4 Å². The van der Waals surface area contributed by atoms with E-state index in [1.807, 2.05) is 30.5 Å². The summed E-state index contributed by atoms with van der Waals surface area (Å²) in [5.41, 5.74) is 2.75. The molecule has 0 bridgehead atoms. The Morgan fingerprint density at radius 3 is 2.60 bits per heavy atom. The van der Waals surface area contributed by atoms with Crippen LogP contribution in [0.1, 0.15) is 10.4 Å². The number of nitrogens with one attached hydrogen (secondary N) is 2. The van der Waals surface area contributed by atoms with E-state index in [1.165, 1.54) is 0 Å². The molecule has 0 fully saturated rings. The van der Waals surface area contributed by atoms with Crippen molar-refractivity contribution in [1.29, 1.82) is 0 Å². The molecule has 1 heterocycles. The van der Waals surface area contributed by atoms with Crippen LogP contribution in [0.4, 0.5) is 5.69 Å².